The average Bonchev–Trinajstić information content (AvgIpc) is 2.53. The van der Waals surface area contributed by atoms with Crippen molar-refractivity contribution in [2.75, 3.05) is 19.6 Å². The second-order valence-electron chi connectivity index (χ2n) is 3.85. The van der Waals surface area contributed by atoms with E-state index in [4.69, 9.17) is 0 Å². The predicted octanol–water partition coefficient (Wildman–Crippen LogP) is 0.331. The van der Waals surface area contributed by atoms with Gasteiger partial charge in [0.2, 0.25) is 5.91 Å². The van der Waals surface area contributed by atoms with E-state index in [0.717, 1.165) is 19.6 Å². The minimum atomic E-state index is 0.206. The Kier molecular flexibility index (Phi) is 1.83. The Bertz CT molecular complexity index is 205. The van der Waals surface area contributed by atoms with Gasteiger partial charge in [-0.05, 0) is 18.9 Å². The van der Waals surface area contributed by atoms with Gasteiger partial charge in [-0.3, -0.25) is 11.8 Å². The van der Waals surface area contributed by atoms with E-state index in [-0.39, 0.29) is 5.91 Å². The molecule has 2 heterocycles. The normalized spacial score (nSPS) is 35.7. The quantitative estimate of drug-likeness (QED) is 0.485. The number of carbonyl (C=O) groups excluding carboxylic acids is 1. The van der Waals surface area contributed by atoms with Crippen molar-refractivity contribution in [1.82, 2.24) is 9.80 Å². The number of fused-ring (bicyclic) bond motifs is 1. The first kappa shape index (κ1) is 8.05. The molecule has 0 bridgehead atoms. The van der Waals surface area contributed by atoms with Crippen molar-refractivity contribution in [3.05, 3.63) is 7.05 Å². The molecule has 0 aliphatic carbocycles. The molecule has 2 atom stereocenters. The van der Waals surface area contributed by atoms with Gasteiger partial charge < -0.3 is 9.80 Å². The van der Waals surface area contributed by atoms with Gasteiger partial charge >= 0.3 is 0 Å². The molecule has 0 radical (unpaired) electrons. The smallest absolute Gasteiger partial charge is 0.219 e. The van der Waals surface area contributed by atoms with Crippen LogP contribution in [0.2, 0.25) is 0 Å². The first-order chi connectivity index (χ1) is 5.68. The highest BCUT2D eigenvalue weighted by Gasteiger charge is 2.37. The lowest BCUT2D eigenvalue weighted by atomic mass is 10.1. The summed E-state index contributed by atoms with van der Waals surface area (Å²) in [7, 11) is 3.97. The van der Waals surface area contributed by atoms with Crippen molar-refractivity contribution in [2.24, 2.45) is 5.92 Å². The van der Waals surface area contributed by atoms with E-state index < -0.39 is 0 Å². The van der Waals surface area contributed by atoms with Crippen LogP contribution in [0.4, 0.5) is 0 Å². The molecule has 3 nitrogen and oxygen atoms in total. The van der Waals surface area contributed by atoms with E-state index in [0.29, 0.717) is 12.0 Å². The molecule has 0 unspecified atom stereocenters. The van der Waals surface area contributed by atoms with Gasteiger partial charge in [0.05, 0.1) is 0 Å². The van der Waals surface area contributed by atoms with Gasteiger partial charge in [-0.2, -0.15) is 0 Å². The Morgan fingerprint density at radius 3 is 2.83 bits per heavy atom. The number of hydrogen-bond acceptors (Lipinski definition) is 2. The third kappa shape index (κ3) is 1.12. The zero-order valence-electron chi connectivity index (χ0n) is 7.49. The second kappa shape index (κ2) is 2.73. The molecule has 1 amide bonds. The molecule has 2 saturated heterocycles. The van der Waals surface area contributed by atoms with Crippen LogP contribution in [0.5, 0.6) is 0 Å². The zero-order chi connectivity index (χ0) is 8.72. The Hall–Kier alpha value is -0.570. The van der Waals surface area contributed by atoms with Gasteiger partial charge in [-0.25, -0.2) is 0 Å². The maximum atomic E-state index is 11.1. The number of hydrogen-bond donors (Lipinski definition) is 0. The molecule has 0 aromatic carbocycles. The highest BCUT2D eigenvalue weighted by atomic mass is 16.2. The van der Waals surface area contributed by atoms with Gasteiger partial charge in [-0.15, -0.1) is 0 Å². The first-order valence-corrected chi connectivity index (χ1v) is 4.51. The summed E-state index contributed by atoms with van der Waals surface area (Å²) in [5, 5.41) is 0. The van der Waals surface area contributed by atoms with E-state index in [9.17, 15) is 4.79 Å². The van der Waals surface area contributed by atoms with Gasteiger partial charge in [-0.1, -0.05) is 0 Å². The molecule has 0 aromatic heterocycles. The lowest BCUT2D eigenvalue weighted by Crippen LogP contribution is -2.32. The Morgan fingerprint density at radius 1 is 1.50 bits per heavy atom. The fourth-order valence-corrected chi connectivity index (χ4v) is 2.31. The summed E-state index contributed by atoms with van der Waals surface area (Å²) < 4.78 is 0. The molecule has 0 N–H and O–H groups in total. The Balaban J connectivity index is 2.03. The molecule has 12 heavy (non-hydrogen) atoms. The summed E-state index contributed by atoms with van der Waals surface area (Å²) >= 11 is 0. The van der Waals surface area contributed by atoms with Crippen molar-refractivity contribution < 1.29 is 4.79 Å². The van der Waals surface area contributed by atoms with Crippen LogP contribution in [0.25, 0.3) is 0 Å². The Labute approximate surface area is 73.3 Å². The van der Waals surface area contributed by atoms with Crippen molar-refractivity contribution in [1.29, 1.82) is 0 Å². The number of likely N-dealkylation sites (tertiary alicyclic amines) is 2. The van der Waals surface area contributed by atoms with Crippen molar-refractivity contribution in [2.45, 2.75) is 19.4 Å². The van der Waals surface area contributed by atoms with Crippen LogP contribution in [0.3, 0.4) is 0 Å². The number of amides is 1. The number of nitrogens with zero attached hydrogens (tertiary/aromatic N) is 2. The summed E-state index contributed by atoms with van der Waals surface area (Å²) in [6.07, 6.45) is 1.21. The van der Waals surface area contributed by atoms with Crippen LogP contribution in [0.1, 0.15) is 13.3 Å². The molecule has 3 heteroatoms. The van der Waals surface area contributed by atoms with Crippen LogP contribution < -0.4 is 0 Å². The van der Waals surface area contributed by atoms with Gasteiger partial charge in [0.15, 0.2) is 0 Å². The SMILES string of the molecule is [CH2-]N1CC[C@H]2CN(C(C)=O)C[C@H]21. The zero-order valence-corrected chi connectivity index (χ0v) is 7.49. The van der Waals surface area contributed by atoms with Crippen LogP contribution in [0, 0.1) is 13.0 Å². The van der Waals surface area contributed by atoms with Crippen molar-refractivity contribution in [3.63, 3.8) is 0 Å². The summed E-state index contributed by atoms with van der Waals surface area (Å²) in [5.74, 6) is 0.893. The van der Waals surface area contributed by atoms with Crippen LogP contribution in [-0.2, 0) is 4.79 Å². The summed E-state index contributed by atoms with van der Waals surface area (Å²) in [4.78, 5) is 15.1. The maximum absolute atomic E-state index is 11.1. The number of carbonyl (C=O) groups is 1. The van der Waals surface area contributed by atoms with E-state index in [2.05, 4.69) is 11.9 Å². The molecule has 0 saturated carbocycles. The van der Waals surface area contributed by atoms with E-state index in [1.165, 1.54) is 6.42 Å². The van der Waals surface area contributed by atoms with E-state index in [1.54, 1.807) is 6.92 Å². The van der Waals surface area contributed by atoms with E-state index >= 15 is 0 Å². The monoisotopic (exact) mass is 167 g/mol. The fourth-order valence-electron chi connectivity index (χ4n) is 2.31. The lowest BCUT2D eigenvalue weighted by Gasteiger charge is -2.26. The minimum absolute atomic E-state index is 0.206. The van der Waals surface area contributed by atoms with Crippen LogP contribution >= 0.6 is 0 Å². The summed E-state index contributed by atoms with van der Waals surface area (Å²) in [5.41, 5.74) is 0. The standard InChI is InChI=1S/C9H15N2O/c1-7(12)11-5-8-3-4-10(2)9(8)6-11/h8-9H,2-6H2,1H3/q-1/t8-,9+/m0/s1. The summed E-state index contributed by atoms with van der Waals surface area (Å²) in [6.45, 7) is 4.59. The van der Waals surface area contributed by atoms with Crippen molar-refractivity contribution in [3.8, 4) is 0 Å². The predicted molar refractivity (Wildman–Crippen MR) is 46.2 cm³/mol. The minimum Gasteiger partial charge on any atom is -0.455 e. The maximum Gasteiger partial charge on any atom is 0.219 e. The van der Waals surface area contributed by atoms with E-state index in [1.807, 2.05) is 4.90 Å². The molecule has 2 rings (SSSR count). The molecule has 0 aromatic rings. The fraction of sp³-hybridized carbons (Fsp3) is 0.778. The van der Waals surface area contributed by atoms with Crippen LogP contribution in [-0.4, -0.2) is 41.4 Å². The van der Waals surface area contributed by atoms with Gasteiger partial charge in [0, 0.05) is 26.1 Å². The van der Waals surface area contributed by atoms with Gasteiger partial charge in [0.1, 0.15) is 0 Å². The van der Waals surface area contributed by atoms with Crippen LogP contribution in [0.15, 0.2) is 0 Å². The highest BCUT2D eigenvalue weighted by Crippen LogP contribution is 2.30. The lowest BCUT2D eigenvalue weighted by molar-refractivity contribution is -0.128. The third-order valence-electron chi connectivity index (χ3n) is 3.11. The molecule has 68 valence electrons. The molecular formula is C9H15N2O-. The highest BCUT2D eigenvalue weighted by molar-refractivity contribution is 5.73. The number of rotatable bonds is 0. The molecule has 2 aliphatic rings. The second-order valence-corrected chi connectivity index (χ2v) is 3.85. The largest absolute Gasteiger partial charge is 0.455 e. The Morgan fingerprint density at radius 2 is 2.25 bits per heavy atom. The van der Waals surface area contributed by atoms with Gasteiger partial charge in [0.25, 0.3) is 0 Å². The average molecular weight is 167 g/mol. The molecule has 2 aliphatic heterocycles. The first-order valence-electron chi connectivity index (χ1n) is 4.51. The van der Waals surface area contributed by atoms with Crippen molar-refractivity contribution >= 4 is 5.91 Å². The topological polar surface area (TPSA) is 23.6 Å². The molecule has 2 fully saturated rings. The molecule has 0 spiro atoms. The molecular weight excluding hydrogens is 152 g/mol. The summed E-state index contributed by atoms with van der Waals surface area (Å²) in [6, 6.07) is 0.536. The third-order valence-corrected chi connectivity index (χ3v) is 3.11.